The summed E-state index contributed by atoms with van der Waals surface area (Å²) in [6.07, 6.45) is 1.10. The van der Waals surface area contributed by atoms with Crippen LogP contribution in [0.25, 0.3) is 0 Å². The highest BCUT2D eigenvalue weighted by Gasteiger charge is 2.03. The minimum atomic E-state index is -0.382. The summed E-state index contributed by atoms with van der Waals surface area (Å²) in [6.45, 7) is 0. The first-order chi connectivity index (χ1) is 6.74. The van der Waals surface area contributed by atoms with Crippen LogP contribution in [0.1, 0.15) is 6.42 Å². The number of benzene rings is 1. The zero-order valence-electron chi connectivity index (χ0n) is 7.48. The third kappa shape index (κ3) is 3.67. The van der Waals surface area contributed by atoms with Crippen molar-refractivity contribution in [3.8, 4) is 0 Å². The van der Waals surface area contributed by atoms with Crippen molar-refractivity contribution in [2.45, 2.75) is 11.3 Å². The molecule has 1 aromatic rings. The average Bonchev–Trinajstić information content (AvgIpc) is 2.19. The lowest BCUT2D eigenvalue weighted by atomic mass is 10.3. The molecule has 1 aromatic carbocycles. The fraction of sp³-hybridized carbons (Fsp3) is 0.333. The largest absolute Gasteiger partial charge is 0.269 e. The predicted molar refractivity (Wildman–Crippen MR) is 62.2 cm³/mol. The maximum absolute atomic E-state index is 10.4. The molecule has 0 spiro atoms. The third-order valence-corrected chi connectivity index (χ3v) is 3.25. The summed E-state index contributed by atoms with van der Waals surface area (Å²) in [5, 5.41) is 11.4. The van der Waals surface area contributed by atoms with Gasteiger partial charge in [0.1, 0.15) is 0 Å². The van der Waals surface area contributed by atoms with Crippen LogP contribution in [0.4, 0.5) is 5.69 Å². The molecule has 0 aromatic heterocycles. The van der Waals surface area contributed by atoms with E-state index in [0.717, 1.165) is 22.4 Å². The summed E-state index contributed by atoms with van der Waals surface area (Å²) in [5.41, 5.74) is 0.148. The zero-order chi connectivity index (χ0) is 10.4. The Morgan fingerprint density at radius 3 is 2.50 bits per heavy atom. The number of nitro groups is 1. The maximum atomic E-state index is 10.4. The van der Waals surface area contributed by atoms with Crippen LogP contribution >= 0.6 is 27.7 Å². The first-order valence-electron chi connectivity index (χ1n) is 4.17. The molecule has 0 heterocycles. The number of non-ortho nitro benzene ring substituents is 1. The smallest absolute Gasteiger partial charge is 0.258 e. The van der Waals surface area contributed by atoms with Gasteiger partial charge in [0, 0.05) is 22.4 Å². The van der Waals surface area contributed by atoms with Crippen molar-refractivity contribution in [2.75, 3.05) is 11.1 Å². The van der Waals surface area contributed by atoms with Crippen molar-refractivity contribution in [3.05, 3.63) is 34.4 Å². The first kappa shape index (κ1) is 11.5. The van der Waals surface area contributed by atoms with E-state index in [1.165, 1.54) is 12.1 Å². The van der Waals surface area contributed by atoms with Gasteiger partial charge in [-0.15, -0.1) is 11.8 Å². The standard InChI is InChI=1S/C9H10BrNO2S/c10-6-1-7-14-9-4-2-8(3-5-9)11(12)13/h2-5H,1,6-7H2. The molecule has 76 valence electrons. The lowest BCUT2D eigenvalue weighted by Gasteiger charge is -1.98. The summed E-state index contributed by atoms with van der Waals surface area (Å²) in [7, 11) is 0. The second kappa shape index (κ2) is 6.03. The Bertz CT molecular complexity index is 302. The molecule has 0 saturated heterocycles. The predicted octanol–water partition coefficient (Wildman–Crippen LogP) is 3.47. The molecule has 0 radical (unpaired) electrons. The Hall–Kier alpha value is -0.550. The SMILES string of the molecule is O=[N+]([O-])c1ccc(SCCCBr)cc1. The number of alkyl halides is 1. The van der Waals surface area contributed by atoms with Gasteiger partial charge in [0.15, 0.2) is 0 Å². The fourth-order valence-electron chi connectivity index (χ4n) is 0.909. The van der Waals surface area contributed by atoms with Crippen molar-refractivity contribution in [1.82, 2.24) is 0 Å². The van der Waals surface area contributed by atoms with Gasteiger partial charge in [-0.1, -0.05) is 15.9 Å². The second-order valence-corrected chi connectivity index (χ2v) is 4.60. The molecule has 0 bridgehead atoms. The average molecular weight is 276 g/mol. The molecule has 0 fully saturated rings. The Morgan fingerprint density at radius 2 is 2.00 bits per heavy atom. The van der Waals surface area contributed by atoms with Crippen LogP contribution in [0, 0.1) is 10.1 Å². The molecule has 0 saturated carbocycles. The van der Waals surface area contributed by atoms with Gasteiger partial charge < -0.3 is 0 Å². The van der Waals surface area contributed by atoms with Gasteiger partial charge in [-0.05, 0) is 24.3 Å². The van der Waals surface area contributed by atoms with E-state index in [-0.39, 0.29) is 10.6 Å². The van der Waals surface area contributed by atoms with Gasteiger partial charge >= 0.3 is 0 Å². The van der Waals surface area contributed by atoms with Crippen molar-refractivity contribution < 1.29 is 4.92 Å². The zero-order valence-corrected chi connectivity index (χ0v) is 9.88. The number of nitro benzene ring substituents is 1. The van der Waals surface area contributed by atoms with Crippen LogP contribution in [0.2, 0.25) is 0 Å². The topological polar surface area (TPSA) is 43.1 Å². The Labute approximate surface area is 95.2 Å². The Kier molecular flexibility index (Phi) is 4.97. The normalized spacial score (nSPS) is 10.1. The van der Waals surface area contributed by atoms with Gasteiger partial charge in [0.05, 0.1) is 4.92 Å². The second-order valence-electron chi connectivity index (χ2n) is 2.64. The summed E-state index contributed by atoms with van der Waals surface area (Å²) >= 11 is 5.06. The third-order valence-electron chi connectivity index (χ3n) is 1.59. The highest BCUT2D eigenvalue weighted by molar-refractivity contribution is 9.09. The first-order valence-corrected chi connectivity index (χ1v) is 6.28. The van der Waals surface area contributed by atoms with Gasteiger partial charge in [-0.25, -0.2) is 0 Å². The molecular weight excluding hydrogens is 266 g/mol. The van der Waals surface area contributed by atoms with E-state index in [4.69, 9.17) is 0 Å². The van der Waals surface area contributed by atoms with E-state index in [0.29, 0.717) is 0 Å². The molecule has 0 aliphatic heterocycles. The van der Waals surface area contributed by atoms with Crippen LogP contribution in [-0.4, -0.2) is 16.0 Å². The molecule has 0 amide bonds. The van der Waals surface area contributed by atoms with Crippen LogP contribution in [0.5, 0.6) is 0 Å². The monoisotopic (exact) mass is 275 g/mol. The Balaban J connectivity index is 2.51. The van der Waals surface area contributed by atoms with Gasteiger partial charge in [-0.3, -0.25) is 10.1 Å². The molecule has 5 heteroatoms. The fourth-order valence-corrected chi connectivity index (χ4v) is 2.41. The number of halogens is 1. The van der Waals surface area contributed by atoms with Crippen LogP contribution in [0.15, 0.2) is 29.2 Å². The highest BCUT2D eigenvalue weighted by Crippen LogP contribution is 2.21. The minimum absolute atomic E-state index is 0.148. The van der Waals surface area contributed by atoms with Crippen molar-refractivity contribution in [1.29, 1.82) is 0 Å². The quantitative estimate of drug-likeness (QED) is 0.272. The molecule has 0 aliphatic carbocycles. The summed E-state index contributed by atoms with van der Waals surface area (Å²) in [4.78, 5) is 11.1. The van der Waals surface area contributed by atoms with Gasteiger partial charge in [0.2, 0.25) is 0 Å². The molecule has 3 nitrogen and oxygen atoms in total. The number of nitrogens with zero attached hydrogens (tertiary/aromatic N) is 1. The van der Waals surface area contributed by atoms with Crippen molar-refractivity contribution in [2.24, 2.45) is 0 Å². The molecule has 0 unspecified atom stereocenters. The number of thioether (sulfide) groups is 1. The molecule has 0 N–H and O–H groups in total. The van der Waals surface area contributed by atoms with Crippen LogP contribution < -0.4 is 0 Å². The Morgan fingerprint density at radius 1 is 1.36 bits per heavy atom. The summed E-state index contributed by atoms with van der Waals surface area (Å²) < 4.78 is 0. The summed E-state index contributed by atoms with van der Waals surface area (Å²) in [5.74, 6) is 1.03. The van der Waals surface area contributed by atoms with Gasteiger partial charge in [0.25, 0.3) is 5.69 Å². The van der Waals surface area contributed by atoms with Gasteiger partial charge in [-0.2, -0.15) is 0 Å². The van der Waals surface area contributed by atoms with E-state index >= 15 is 0 Å². The molecular formula is C9H10BrNO2S. The lowest BCUT2D eigenvalue weighted by molar-refractivity contribution is -0.384. The maximum Gasteiger partial charge on any atom is 0.269 e. The number of hydrogen-bond donors (Lipinski definition) is 0. The van der Waals surface area contributed by atoms with E-state index in [9.17, 15) is 10.1 Å². The lowest BCUT2D eigenvalue weighted by Crippen LogP contribution is -1.87. The molecule has 1 rings (SSSR count). The van der Waals surface area contributed by atoms with Crippen LogP contribution in [0.3, 0.4) is 0 Å². The van der Waals surface area contributed by atoms with Crippen LogP contribution in [-0.2, 0) is 0 Å². The van der Waals surface area contributed by atoms with E-state index in [1.807, 2.05) is 0 Å². The van der Waals surface area contributed by atoms with E-state index < -0.39 is 0 Å². The minimum Gasteiger partial charge on any atom is -0.258 e. The van der Waals surface area contributed by atoms with E-state index in [2.05, 4.69) is 15.9 Å². The molecule has 14 heavy (non-hydrogen) atoms. The summed E-state index contributed by atoms with van der Waals surface area (Å²) in [6, 6.07) is 6.65. The number of rotatable bonds is 5. The number of hydrogen-bond acceptors (Lipinski definition) is 3. The van der Waals surface area contributed by atoms with Crippen molar-refractivity contribution in [3.63, 3.8) is 0 Å². The van der Waals surface area contributed by atoms with Crippen molar-refractivity contribution >= 4 is 33.4 Å². The molecule has 0 atom stereocenters. The van der Waals surface area contributed by atoms with E-state index in [1.54, 1.807) is 23.9 Å². The highest BCUT2D eigenvalue weighted by atomic mass is 79.9. The molecule has 0 aliphatic rings.